The maximum atomic E-state index is 4.86. The fraction of sp³-hybridized carbons (Fsp3) is 1.00. The molecule has 3 nitrogen and oxygen atoms in total. The molecule has 9 heavy (non-hydrogen) atoms. The summed E-state index contributed by atoms with van der Waals surface area (Å²) in [5, 5.41) is 0. The van der Waals surface area contributed by atoms with Crippen molar-refractivity contribution in [2.45, 2.75) is 6.41 Å². The maximum absolute atomic E-state index is 4.86. The van der Waals surface area contributed by atoms with Crippen molar-refractivity contribution >= 4 is 12.4 Å². The van der Waals surface area contributed by atoms with Crippen LogP contribution in [0, 0.1) is 0 Å². The van der Waals surface area contributed by atoms with E-state index in [9.17, 15) is 0 Å². The van der Waals surface area contributed by atoms with Gasteiger partial charge in [0.25, 0.3) is 0 Å². The van der Waals surface area contributed by atoms with E-state index in [4.69, 9.17) is 9.47 Å². The molecule has 58 valence electrons. The second-order valence-corrected chi connectivity index (χ2v) is 1.74. The Labute approximate surface area is 62.3 Å². The minimum atomic E-state index is -0.213. The fourth-order valence-electron chi connectivity index (χ4n) is 0.518. The first-order chi connectivity index (χ1) is 3.72. The minimum absolute atomic E-state index is 0. The van der Waals surface area contributed by atoms with Crippen molar-refractivity contribution in [2.24, 2.45) is 0 Å². The number of methoxy groups -OCH3 is 2. The van der Waals surface area contributed by atoms with E-state index < -0.39 is 0 Å². The summed E-state index contributed by atoms with van der Waals surface area (Å²) in [6.45, 7) is 0. The average molecular weight is 156 g/mol. The van der Waals surface area contributed by atoms with Gasteiger partial charge in [0.2, 0.25) is 6.41 Å². The lowest BCUT2D eigenvalue weighted by molar-refractivity contribution is -0.179. The topological polar surface area (TPSA) is 21.7 Å². The molecule has 0 radical (unpaired) electrons. The summed E-state index contributed by atoms with van der Waals surface area (Å²) < 4.78 is 9.73. The van der Waals surface area contributed by atoms with Gasteiger partial charge in [-0.3, -0.25) is 4.90 Å². The highest BCUT2D eigenvalue weighted by Gasteiger charge is 2.04. The van der Waals surface area contributed by atoms with Crippen LogP contribution in [-0.4, -0.2) is 39.6 Å². The van der Waals surface area contributed by atoms with Gasteiger partial charge in [0, 0.05) is 14.2 Å². The Kier molecular flexibility index (Phi) is 8.32. The SMILES string of the molecule is COC(OC)N(C)C.Cl. The van der Waals surface area contributed by atoms with E-state index in [0.29, 0.717) is 0 Å². The van der Waals surface area contributed by atoms with E-state index in [0.717, 1.165) is 0 Å². The maximum Gasteiger partial charge on any atom is 0.217 e. The molecule has 0 amide bonds. The van der Waals surface area contributed by atoms with Crippen molar-refractivity contribution in [3.05, 3.63) is 0 Å². The van der Waals surface area contributed by atoms with E-state index >= 15 is 0 Å². The molecule has 0 aliphatic rings. The highest BCUT2D eigenvalue weighted by atomic mass is 35.5. The fourth-order valence-corrected chi connectivity index (χ4v) is 0.518. The molecule has 0 rings (SSSR count). The third kappa shape index (κ3) is 4.66. The van der Waals surface area contributed by atoms with Crippen molar-refractivity contribution in [1.29, 1.82) is 0 Å². The first-order valence-corrected chi connectivity index (χ1v) is 2.44. The molecule has 4 heteroatoms. The Bertz CT molecular complexity index is 56.9. The number of rotatable bonds is 3. The van der Waals surface area contributed by atoms with Gasteiger partial charge in [-0.15, -0.1) is 12.4 Å². The Morgan fingerprint density at radius 3 is 1.44 bits per heavy atom. The van der Waals surface area contributed by atoms with Gasteiger partial charge < -0.3 is 9.47 Å². The molecule has 0 saturated heterocycles. The van der Waals surface area contributed by atoms with Crippen LogP contribution in [-0.2, 0) is 9.47 Å². The van der Waals surface area contributed by atoms with Crippen LogP contribution in [0.3, 0.4) is 0 Å². The van der Waals surface area contributed by atoms with Crippen LogP contribution in [0.25, 0.3) is 0 Å². The summed E-state index contributed by atoms with van der Waals surface area (Å²) in [6.07, 6.45) is -0.213. The van der Waals surface area contributed by atoms with E-state index in [1.165, 1.54) is 0 Å². The lowest BCUT2D eigenvalue weighted by Crippen LogP contribution is -2.30. The predicted molar refractivity (Wildman–Crippen MR) is 38.7 cm³/mol. The molecule has 0 atom stereocenters. The van der Waals surface area contributed by atoms with Gasteiger partial charge in [0.05, 0.1) is 0 Å². The lowest BCUT2D eigenvalue weighted by atomic mass is 10.9. The monoisotopic (exact) mass is 155 g/mol. The Balaban J connectivity index is 0. The minimum Gasteiger partial charge on any atom is -0.343 e. The van der Waals surface area contributed by atoms with Crippen LogP contribution < -0.4 is 0 Å². The molecule has 0 aromatic carbocycles. The van der Waals surface area contributed by atoms with Gasteiger partial charge >= 0.3 is 0 Å². The van der Waals surface area contributed by atoms with Crippen LogP contribution >= 0.6 is 12.4 Å². The molecule has 0 saturated carbocycles. The van der Waals surface area contributed by atoms with Crippen molar-refractivity contribution < 1.29 is 9.47 Å². The van der Waals surface area contributed by atoms with Gasteiger partial charge in [-0.25, -0.2) is 0 Å². The van der Waals surface area contributed by atoms with E-state index in [1.54, 1.807) is 14.2 Å². The molecule has 0 aliphatic carbocycles. The van der Waals surface area contributed by atoms with Crippen LogP contribution in [0.1, 0.15) is 0 Å². The van der Waals surface area contributed by atoms with E-state index in [-0.39, 0.29) is 18.8 Å². The standard InChI is InChI=1S/C5H13NO2.ClH/c1-6(2)5(7-3)8-4;/h5H,1-4H3;1H. The summed E-state index contributed by atoms with van der Waals surface area (Å²) in [4.78, 5) is 1.83. The number of hydrogen-bond donors (Lipinski definition) is 0. The third-order valence-corrected chi connectivity index (χ3v) is 0.825. The molecule has 0 aromatic rings. The largest absolute Gasteiger partial charge is 0.343 e. The molecule has 0 heterocycles. The highest BCUT2D eigenvalue weighted by molar-refractivity contribution is 5.85. The molecule has 0 aliphatic heterocycles. The van der Waals surface area contributed by atoms with Crippen LogP contribution in [0.4, 0.5) is 0 Å². The van der Waals surface area contributed by atoms with Gasteiger partial charge in [-0.2, -0.15) is 0 Å². The van der Waals surface area contributed by atoms with Gasteiger partial charge in [0.15, 0.2) is 0 Å². The molecule has 0 unspecified atom stereocenters. The molecule has 0 fully saturated rings. The quantitative estimate of drug-likeness (QED) is 0.556. The third-order valence-electron chi connectivity index (χ3n) is 0.825. The molecular formula is C5H14ClNO2. The molecule has 0 bridgehead atoms. The second-order valence-electron chi connectivity index (χ2n) is 1.74. The summed E-state index contributed by atoms with van der Waals surface area (Å²) >= 11 is 0. The summed E-state index contributed by atoms with van der Waals surface area (Å²) in [5.41, 5.74) is 0. The number of hydrogen-bond acceptors (Lipinski definition) is 3. The van der Waals surface area contributed by atoms with Crippen molar-refractivity contribution in [3.63, 3.8) is 0 Å². The molecule has 0 aromatic heterocycles. The zero-order valence-corrected chi connectivity index (χ0v) is 7.07. The Morgan fingerprint density at radius 2 is 1.44 bits per heavy atom. The van der Waals surface area contributed by atoms with E-state index in [1.807, 2.05) is 19.0 Å². The zero-order valence-electron chi connectivity index (χ0n) is 6.25. The summed E-state index contributed by atoms with van der Waals surface area (Å²) in [6, 6.07) is 0. The van der Waals surface area contributed by atoms with E-state index in [2.05, 4.69) is 0 Å². The molecular weight excluding hydrogens is 142 g/mol. The Morgan fingerprint density at radius 1 is 1.11 bits per heavy atom. The van der Waals surface area contributed by atoms with Gasteiger partial charge in [0.1, 0.15) is 0 Å². The highest BCUT2D eigenvalue weighted by Crippen LogP contribution is 1.91. The number of nitrogens with zero attached hydrogens (tertiary/aromatic N) is 1. The van der Waals surface area contributed by atoms with Crippen LogP contribution in [0.15, 0.2) is 0 Å². The zero-order chi connectivity index (χ0) is 6.57. The summed E-state index contributed by atoms with van der Waals surface area (Å²) in [7, 11) is 6.98. The molecule has 0 spiro atoms. The number of halogens is 1. The number of ether oxygens (including phenoxy) is 2. The van der Waals surface area contributed by atoms with Gasteiger partial charge in [-0.05, 0) is 14.1 Å². The average Bonchev–Trinajstić information content (AvgIpc) is 1.69. The van der Waals surface area contributed by atoms with Crippen LogP contribution in [0.5, 0.6) is 0 Å². The second kappa shape index (κ2) is 6.29. The van der Waals surface area contributed by atoms with Crippen molar-refractivity contribution in [3.8, 4) is 0 Å². The van der Waals surface area contributed by atoms with Crippen molar-refractivity contribution in [2.75, 3.05) is 28.3 Å². The van der Waals surface area contributed by atoms with Crippen LogP contribution in [0.2, 0.25) is 0 Å². The smallest absolute Gasteiger partial charge is 0.217 e. The molecule has 0 N–H and O–H groups in total. The Hall–Kier alpha value is 0.170. The van der Waals surface area contributed by atoms with Gasteiger partial charge in [-0.1, -0.05) is 0 Å². The van der Waals surface area contributed by atoms with Crippen molar-refractivity contribution in [1.82, 2.24) is 4.90 Å². The first kappa shape index (κ1) is 11.9. The lowest BCUT2D eigenvalue weighted by Gasteiger charge is -2.19. The first-order valence-electron chi connectivity index (χ1n) is 2.44. The predicted octanol–water partition coefficient (Wildman–Crippen LogP) is 0.546. The normalized spacial score (nSPS) is 10.0. The summed E-state index contributed by atoms with van der Waals surface area (Å²) in [5.74, 6) is 0.